The summed E-state index contributed by atoms with van der Waals surface area (Å²) in [5, 5.41) is 0. The molecule has 0 heterocycles. The van der Waals surface area contributed by atoms with E-state index in [0.717, 1.165) is 12.2 Å². The molecule has 0 fully saturated rings. The van der Waals surface area contributed by atoms with Crippen LogP contribution in [0.1, 0.15) is 26.7 Å². The SMILES string of the molecule is C#CCN(C(=O)CCCS)C(C)C. The van der Waals surface area contributed by atoms with Gasteiger partial charge in [0.2, 0.25) is 5.91 Å². The van der Waals surface area contributed by atoms with Crippen LogP contribution in [0, 0.1) is 12.3 Å². The van der Waals surface area contributed by atoms with Gasteiger partial charge in [-0.25, -0.2) is 0 Å². The highest BCUT2D eigenvalue weighted by atomic mass is 32.1. The van der Waals surface area contributed by atoms with E-state index < -0.39 is 0 Å². The maximum absolute atomic E-state index is 11.5. The predicted molar refractivity (Wildman–Crippen MR) is 58.8 cm³/mol. The maximum atomic E-state index is 11.5. The molecule has 0 aliphatic carbocycles. The smallest absolute Gasteiger partial charge is 0.223 e. The molecular formula is C10H17NOS. The van der Waals surface area contributed by atoms with Crippen LogP contribution in [0.25, 0.3) is 0 Å². The van der Waals surface area contributed by atoms with Crippen LogP contribution in [0.2, 0.25) is 0 Å². The van der Waals surface area contributed by atoms with Crippen LogP contribution in [0.5, 0.6) is 0 Å². The summed E-state index contributed by atoms with van der Waals surface area (Å²) in [4.78, 5) is 13.2. The van der Waals surface area contributed by atoms with Crippen molar-refractivity contribution < 1.29 is 4.79 Å². The summed E-state index contributed by atoms with van der Waals surface area (Å²) in [6.07, 6.45) is 6.53. The Kier molecular flexibility index (Phi) is 6.52. The topological polar surface area (TPSA) is 20.3 Å². The summed E-state index contributed by atoms with van der Waals surface area (Å²) in [5.41, 5.74) is 0. The third kappa shape index (κ3) is 4.84. The number of rotatable bonds is 5. The second-order valence-electron chi connectivity index (χ2n) is 3.15. The standard InChI is InChI=1S/C10H17NOS/c1-4-7-11(9(2)3)10(12)6-5-8-13/h1,9,13H,5-8H2,2-3H3. The fraction of sp³-hybridized carbons (Fsp3) is 0.700. The van der Waals surface area contributed by atoms with Gasteiger partial charge in [0, 0.05) is 12.5 Å². The molecule has 0 spiro atoms. The van der Waals surface area contributed by atoms with Crippen molar-refractivity contribution in [1.82, 2.24) is 4.90 Å². The lowest BCUT2D eigenvalue weighted by Crippen LogP contribution is -2.37. The molecule has 0 N–H and O–H groups in total. The van der Waals surface area contributed by atoms with Crippen molar-refractivity contribution in [3.63, 3.8) is 0 Å². The Morgan fingerprint density at radius 1 is 1.62 bits per heavy atom. The molecule has 13 heavy (non-hydrogen) atoms. The van der Waals surface area contributed by atoms with Crippen molar-refractivity contribution in [1.29, 1.82) is 0 Å². The van der Waals surface area contributed by atoms with Gasteiger partial charge in [0.1, 0.15) is 0 Å². The van der Waals surface area contributed by atoms with Crippen molar-refractivity contribution in [2.75, 3.05) is 12.3 Å². The molecule has 0 saturated carbocycles. The molecule has 0 aromatic carbocycles. The van der Waals surface area contributed by atoms with Gasteiger partial charge in [-0.2, -0.15) is 12.6 Å². The predicted octanol–water partition coefficient (Wildman–Crippen LogP) is 1.57. The molecule has 0 aliphatic rings. The summed E-state index contributed by atoms with van der Waals surface area (Å²) >= 11 is 4.06. The van der Waals surface area contributed by atoms with Crippen molar-refractivity contribution in [3.8, 4) is 12.3 Å². The Morgan fingerprint density at radius 3 is 2.62 bits per heavy atom. The molecule has 0 radical (unpaired) electrons. The Morgan fingerprint density at radius 2 is 2.23 bits per heavy atom. The first-order valence-electron chi connectivity index (χ1n) is 4.47. The summed E-state index contributed by atoms with van der Waals surface area (Å²) in [6, 6.07) is 0.184. The van der Waals surface area contributed by atoms with Gasteiger partial charge in [-0.05, 0) is 26.0 Å². The quantitative estimate of drug-likeness (QED) is 0.526. The highest BCUT2D eigenvalue weighted by molar-refractivity contribution is 7.80. The molecule has 0 rings (SSSR count). The number of hydrogen-bond acceptors (Lipinski definition) is 2. The number of amides is 1. The fourth-order valence-electron chi connectivity index (χ4n) is 1.03. The van der Waals surface area contributed by atoms with Crippen LogP contribution in [0.3, 0.4) is 0 Å². The van der Waals surface area contributed by atoms with Crippen molar-refractivity contribution >= 4 is 18.5 Å². The van der Waals surface area contributed by atoms with E-state index in [0.29, 0.717) is 13.0 Å². The van der Waals surface area contributed by atoms with Crippen LogP contribution < -0.4 is 0 Å². The molecule has 0 aliphatic heterocycles. The molecule has 0 atom stereocenters. The first kappa shape index (κ1) is 12.4. The average molecular weight is 199 g/mol. The number of carbonyl (C=O) groups excluding carboxylic acids is 1. The molecule has 1 amide bonds. The lowest BCUT2D eigenvalue weighted by Gasteiger charge is -2.24. The second-order valence-corrected chi connectivity index (χ2v) is 3.59. The minimum Gasteiger partial charge on any atom is -0.329 e. The van der Waals surface area contributed by atoms with Crippen LogP contribution in [-0.4, -0.2) is 29.1 Å². The normalized spacial score (nSPS) is 9.77. The van der Waals surface area contributed by atoms with Gasteiger partial charge in [-0.3, -0.25) is 4.79 Å². The molecular weight excluding hydrogens is 182 g/mol. The van der Waals surface area contributed by atoms with Gasteiger partial charge in [-0.15, -0.1) is 6.42 Å². The van der Waals surface area contributed by atoms with E-state index in [1.165, 1.54) is 0 Å². The first-order valence-corrected chi connectivity index (χ1v) is 5.10. The van der Waals surface area contributed by atoms with E-state index in [9.17, 15) is 4.79 Å². The zero-order valence-corrected chi connectivity index (χ0v) is 9.18. The van der Waals surface area contributed by atoms with Crippen LogP contribution in [0.4, 0.5) is 0 Å². The van der Waals surface area contributed by atoms with Crippen LogP contribution in [-0.2, 0) is 4.79 Å². The monoisotopic (exact) mass is 199 g/mol. The first-order chi connectivity index (χ1) is 6.13. The van der Waals surface area contributed by atoms with Gasteiger partial charge in [0.25, 0.3) is 0 Å². The highest BCUT2D eigenvalue weighted by Crippen LogP contribution is 2.03. The van der Waals surface area contributed by atoms with E-state index in [4.69, 9.17) is 6.42 Å². The van der Waals surface area contributed by atoms with Crippen molar-refractivity contribution in [2.45, 2.75) is 32.7 Å². The lowest BCUT2D eigenvalue weighted by molar-refractivity contribution is -0.132. The molecule has 2 nitrogen and oxygen atoms in total. The number of nitrogens with zero attached hydrogens (tertiary/aromatic N) is 1. The minimum atomic E-state index is 0.127. The van der Waals surface area contributed by atoms with E-state index in [2.05, 4.69) is 18.5 Å². The molecule has 0 aromatic rings. The molecule has 0 bridgehead atoms. The number of terminal acetylenes is 1. The maximum Gasteiger partial charge on any atom is 0.223 e. The minimum absolute atomic E-state index is 0.127. The summed E-state index contributed by atoms with van der Waals surface area (Å²) in [7, 11) is 0. The van der Waals surface area contributed by atoms with Crippen LogP contribution in [0.15, 0.2) is 0 Å². The number of hydrogen-bond donors (Lipinski definition) is 1. The largest absolute Gasteiger partial charge is 0.329 e. The highest BCUT2D eigenvalue weighted by Gasteiger charge is 2.14. The summed E-state index contributed by atoms with van der Waals surface area (Å²) in [6.45, 7) is 4.34. The molecule has 74 valence electrons. The van der Waals surface area contributed by atoms with E-state index in [1.54, 1.807) is 4.90 Å². The number of thiol groups is 1. The van der Waals surface area contributed by atoms with Gasteiger partial charge in [0.05, 0.1) is 6.54 Å². The lowest BCUT2D eigenvalue weighted by atomic mass is 10.2. The van der Waals surface area contributed by atoms with Gasteiger partial charge >= 0.3 is 0 Å². The van der Waals surface area contributed by atoms with Gasteiger partial charge in [0.15, 0.2) is 0 Å². The Hall–Kier alpha value is -0.620. The van der Waals surface area contributed by atoms with Gasteiger partial charge < -0.3 is 4.90 Å². The Bertz CT molecular complexity index is 196. The van der Waals surface area contributed by atoms with Crippen molar-refractivity contribution in [2.24, 2.45) is 0 Å². The van der Waals surface area contributed by atoms with E-state index >= 15 is 0 Å². The molecule has 3 heteroatoms. The Labute approximate surface area is 86.1 Å². The zero-order valence-electron chi connectivity index (χ0n) is 8.29. The second kappa shape index (κ2) is 6.85. The van der Waals surface area contributed by atoms with Gasteiger partial charge in [-0.1, -0.05) is 5.92 Å². The third-order valence-corrected chi connectivity index (χ3v) is 2.07. The average Bonchev–Trinajstić information content (AvgIpc) is 2.09. The van der Waals surface area contributed by atoms with Crippen molar-refractivity contribution in [3.05, 3.63) is 0 Å². The number of carbonyl (C=O) groups is 1. The van der Waals surface area contributed by atoms with E-state index in [-0.39, 0.29) is 11.9 Å². The Balaban J connectivity index is 4.05. The zero-order chi connectivity index (χ0) is 10.3. The summed E-state index contributed by atoms with van der Waals surface area (Å²) in [5.74, 6) is 3.36. The summed E-state index contributed by atoms with van der Waals surface area (Å²) < 4.78 is 0. The molecule has 0 unspecified atom stereocenters. The van der Waals surface area contributed by atoms with E-state index in [1.807, 2.05) is 13.8 Å². The third-order valence-electron chi connectivity index (χ3n) is 1.75. The fourth-order valence-corrected chi connectivity index (χ4v) is 1.19. The van der Waals surface area contributed by atoms with Crippen LogP contribution >= 0.6 is 12.6 Å². The molecule has 0 aromatic heterocycles. The molecule has 0 saturated heterocycles.